The van der Waals surface area contributed by atoms with E-state index in [-0.39, 0.29) is 17.5 Å². The summed E-state index contributed by atoms with van der Waals surface area (Å²) in [6, 6.07) is 14.0. The van der Waals surface area contributed by atoms with Gasteiger partial charge in [0.25, 0.3) is 0 Å². The molecule has 0 aliphatic carbocycles. The summed E-state index contributed by atoms with van der Waals surface area (Å²) >= 11 is 0. The molecule has 0 N–H and O–H groups in total. The van der Waals surface area contributed by atoms with E-state index in [0.717, 1.165) is 42.6 Å². The summed E-state index contributed by atoms with van der Waals surface area (Å²) < 4.78 is 11.5. The van der Waals surface area contributed by atoms with Gasteiger partial charge in [-0.3, -0.25) is 4.79 Å². The van der Waals surface area contributed by atoms with Crippen molar-refractivity contribution in [3.05, 3.63) is 64.7 Å². The molecule has 0 atom stereocenters. The third kappa shape index (κ3) is 7.34. The van der Waals surface area contributed by atoms with Crippen LogP contribution in [0.2, 0.25) is 0 Å². The number of ketones is 1. The van der Waals surface area contributed by atoms with Crippen LogP contribution in [-0.4, -0.2) is 41.1 Å². The maximum Gasteiger partial charge on any atom is 0.410 e. The lowest BCUT2D eigenvalue weighted by Crippen LogP contribution is -2.38. The van der Waals surface area contributed by atoms with E-state index < -0.39 is 5.60 Å². The zero-order chi connectivity index (χ0) is 24.9. The summed E-state index contributed by atoms with van der Waals surface area (Å²) in [7, 11) is 0. The summed E-state index contributed by atoms with van der Waals surface area (Å²) in [6.45, 7) is 13.0. The highest BCUT2D eigenvalue weighted by Crippen LogP contribution is 2.35. The molecule has 2 aromatic rings. The first-order valence-corrected chi connectivity index (χ1v) is 12.3. The predicted molar refractivity (Wildman–Crippen MR) is 136 cm³/mol. The maximum absolute atomic E-state index is 12.8. The van der Waals surface area contributed by atoms with Crippen LogP contribution in [0.4, 0.5) is 4.79 Å². The standard InChI is InChI=1S/C29H39NO4/c1-21-11-7-8-12-22(21)16-18-30(27(32)34-28(2,3)4)17-10-9-13-25(31)23-14-15-26-24(19-23)20-29(5,6)33-26/h7-8,11-12,14-15,19H,9-10,13,16-18,20H2,1-6H3. The molecule has 0 aromatic heterocycles. The third-order valence-corrected chi connectivity index (χ3v) is 6.03. The third-order valence-electron chi connectivity index (χ3n) is 6.03. The number of rotatable bonds is 9. The van der Waals surface area contributed by atoms with Gasteiger partial charge in [0.1, 0.15) is 17.0 Å². The Morgan fingerprint density at radius 1 is 1.06 bits per heavy atom. The van der Waals surface area contributed by atoms with Crippen LogP contribution in [0.5, 0.6) is 5.75 Å². The number of aryl methyl sites for hydroxylation is 1. The van der Waals surface area contributed by atoms with Crippen LogP contribution in [0.1, 0.15) is 80.9 Å². The molecule has 0 saturated carbocycles. The van der Waals surface area contributed by atoms with Crippen molar-refractivity contribution >= 4 is 11.9 Å². The molecule has 0 unspecified atom stereocenters. The van der Waals surface area contributed by atoms with Gasteiger partial charge in [0.15, 0.2) is 5.78 Å². The molecule has 184 valence electrons. The highest BCUT2D eigenvalue weighted by atomic mass is 16.6. The monoisotopic (exact) mass is 465 g/mol. The van der Waals surface area contributed by atoms with Crippen molar-refractivity contribution in [1.82, 2.24) is 4.90 Å². The fourth-order valence-corrected chi connectivity index (χ4v) is 4.28. The van der Waals surface area contributed by atoms with Gasteiger partial charge in [0, 0.05) is 31.5 Å². The molecule has 2 aromatic carbocycles. The van der Waals surface area contributed by atoms with Crippen molar-refractivity contribution < 1.29 is 19.1 Å². The minimum absolute atomic E-state index is 0.135. The van der Waals surface area contributed by atoms with E-state index >= 15 is 0 Å². The molecule has 0 spiro atoms. The predicted octanol–water partition coefficient (Wildman–Crippen LogP) is 6.54. The number of nitrogens with zero attached hydrogens (tertiary/aromatic N) is 1. The molecule has 1 aliphatic heterocycles. The van der Waals surface area contributed by atoms with E-state index in [2.05, 4.69) is 32.9 Å². The number of Topliss-reactive ketones (excluding diaryl/α,β-unsaturated/α-hetero) is 1. The molecular formula is C29H39NO4. The van der Waals surface area contributed by atoms with Crippen molar-refractivity contribution in [2.75, 3.05) is 13.1 Å². The van der Waals surface area contributed by atoms with Crippen LogP contribution >= 0.6 is 0 Å². The van der Waals surface area contributed by atoms with Crippen molar-refractivity contribution in [2.45, 2.75) is 84.8 Å². The molecule has 1 aliphatic rings. The van der Waals surface area contributed by atoms with E-state index in [9.17, 15) is 9.59 Å². The van der Waals surface area contributed by atoms with Gasteiger partial charge in [-0.25, -0.2) is 4.79 Å². The van der Waals surface area contributed by atoms with Gasteiger partial charge >= 0.3 is 6.09 Å². The summed E-state index contributed by atoms with van der Waals surface area (Å²) in [5, 5.41) is 0. The maximum atomic E-state index is 12.8. The minimum Gasteiger partial charge on any atom is -0.487 e. The van der Waals surface area contributed by atoms with Crippen LogP contribution in [0.15, 0.2) is 42.5 Å². The van der Waals surface area contributed by atoms with Crippen LogP contribution in [0.25, 0.3) is 0 Å². The Labute approximate surface area is 204 Å². The van der Waals surface area contributed by atoms with Crippen molar-refractivity contribution in [3.8, 4) is 5.75 Å². The summed E-state index contributed by atoms with van der Waals surface area (Å²) in [4.78, 5) is 27.3. The van der Waals surface area contributed by atoms with E-state index in [4.69, 9.17) is 9.47 Å². The second-order valence-electron chi connectivity index (χ2n) is 10.9. The first kappa shape index (κ1) is 25.8. The number of hydrogen-bond donors (Lipinski definition) is 0. The largest absolute Gasteiger partial charge is 0.487 e. The zero-order valence-electron chi connectivity index (χ0n) is 21.6. The molecule has 0 fully saturated rings. The molecule has 34 heavy (non-hydrogen) atoms. The fraction of sp³-hybridized carbons (Fsp3) is 0.517. The molecule has 5 nitrogen and oxygen atoms in total. The molecule has 3 rings (SSSR count). The Bertz CT molecular complexity index is 1020. The van der Waals surface area contributed by atoms with Crippen LogP contribution in [-0.2, 0) is 17.6 Å². The number of hydrogen-bond acceptors (Lipinski definition) is 4. The van der Waals surface area contributed by atoms with Gasteiger partial charge in [-0.15, -0.1) is 0 Å². The number of carbonyl (C=O) groups excluding carboxylic acids is 2. The lowest BCUT2D eigenvalue weighted by molar-refractivity contribution is 0.0249. The second-order valence-corrected chi connectivity index (χ2v) is 10.9. The smallest absolute Gasteiger partial charge is 0.410 e. The first-order valence-electron chi connectivity index (χ1n) is 12.3. The van der Waals surface area contributed by atoms with E-state index in [1.807, 2.05) is 51.1 Å². The Balaban J connectivity index is 1.53. The van der Waals surface area contributed by atoms with Gasteiger partial charge < -0.3 is 14.4 Å². The fourth-order valence-electron chi connectivity index (χ4n) is 4.28. The molecule has 0 bridgehead atoms. The average molecular weight is 466 g/mol. The normalized spacial score (nSPS) is 14.3. The van der Waals surface area contributed by atoms with Gasteiger partial charge in [-0.2, -0.15) is 0 Å². The van der Waals surface area contributed by atoms with Crippen LogP contribution in [0.3, 0.4) is 0 Å². The van der Waals surface area contributed by atoms with Crippen LogP contribution < -0.4 is 4.74 Å². The summed E-state index contributed by atoms with van der Waals surface area (Å²) in [6.07, 6.45) is 3.23. The highest BCUT2D eigenvalue weighted by Gasteiger charge is 2.30. The SMILES string of the molecule is Cc1ccccc1CCN(CCCCC(=O)c1ccc2c(c1)CC(C)(C)O2)C(=O)OC(C)(C)C. The van der Waals surface area contributed by atoms with Crippen molar-refractivity contribution in [3.63, 3.8) is 0 Å². The number of benzene rings is 2. The average Bonchev–Trinajstić information content (AvgIpc) is 3.05. The Morgan fingerprint density at radius 2 is 1.79 bits per heavy atom. The number of fused-ring (bicyclic) bond motifs is 1. The second kappa shape index (κ2) is 10.6. The van der Waals surface area contributed by atoms with Crippen molar-refractivity contribution in [1.29, 1.82) is 0 Å². The van der Waals surface area contributed by atoms with Gasteiger partial charge in [-0.1, -0.05) is 24.3 Å². The summed E-state index contributed by atoms with van der Waals surface area (Å²) in [5.74, 6) is 1.01. The van der Waals surface area contributed by atoms with E-state index in [0.29, 0.717) is 19.5 Å². The lowest BCUT2D eigenvalue weighted by atomic mass is 9.98. The summed E-state index contributed by atoms with van der Waals surface area (Å²) in [5.41, 5.74) is 3.54. The van der Waals surface area contributed by atoms with Gasteiger partial charge in [0.2, 0.25) is 0 Å². The highest BCUT2D eigenvalue weighted by molar-refractivity contribution is 5.96. The number of ether oxygens (including phenoxy) is 2. The van der Waals surface area contributed by atoms with Gasteiger partial charge in [0.05, 0.1) is 0 Å². The number of unbranched alkanes of at least 4 members (excludes halogenated alkanes) is 1. The number of amides is 1. The lowest BCUT2D eigenvalue weighted by Gasteiger charge is -2.27. The zero-order valence-corrected chi connectivity index (χ0v) is 21.6. The molecule has 1 amide bonds. The van der Waals surface area contributed by atoms with Crippen LogP contribution in [0, 0.1) is 6.92 Å². The topological polar surface area (TPSA) is 55.8 Å². The quantitative estimate of drug-likeness (QED) is 0.312. The molecular weight excluding hydrogens is 426 g/mol. The molecule has 5 heteroatoms. The van der Waals surface area contributed by atoms with Crippen molar-refractivity contribution in [2.24, 2.45) is 0 Å². The first-order chi connectivity index (χ1) is 15.9. The Kier molecular flexibility index (Phi) is 8.06. The van der Waals surface area contributed by atoms with Gasteiger partial charge in [-0.05, 0) is 95.7 Å². The molecule has 0 saturated heterocycles. The Morgan fingerprint density at radius 3 is 2.50 bits per heavy atom. The molecule has 0 radical (unpaired) electrons. The minimum atomic E-state index is -0.542. The molecule has 1 heterocycles. The van der Waals surface area contributed by atoms with E-state index in [1.165, 1.54) is 11.1 Å². The van der Waals surface area contributed by atoms with E-state index in [1.54, 1.807) is 4.90 Å². The Hall–Kier alpha value is -2.82. The number of carbonyl (C=O) groups is 2.